The van der Waals surface area contributed by atoms with Crippen molar-refractivity contribution in [3.63, 3.8) is 0 Å². The van der Waals surface area contributed by atoms with Gasteiger partial charge in [-0.3, -0.25) is 15.4 Å². The van der Waals surface area contributed by atoms with E-state index in [1.807, 2.05) is 0 Å². The summed E-state index contributed by atoms with van der Waals surface area (Å²) in [6, 6.07) is 2.47. The monoisotopic (exact) mass is 224 g/mol. The molecule has 0 unspecified atom stereocenters. The van der Waals surface area contributed by atoms with Crippen LogP contribution in [0.15, 0.2) is 18.3 Å². The third-order valence-electron chi connectivity index (χ3n) is 2.41. The minimum Gasteiger partial charge on any atom is -0.306 e. The van der Waals surface area contributed by atoms with Crippen LogP contribution in [0.3, 0.4) is 0 Å². The molecule has 1 saturated heterocycles. The maximum absolute atomic E-state index is 12.3. The minimum atomic E-state index is -0.445. The van der Waals surface area contributed by atoms with Crippen molar-refractivity contribution < 1.29 is 4.39 Å². The first-order chi connectivity index (χ1) is 7.63. The molecule has 0 saturated carbocycles. The highest BCUT2D eigenvalue weighted by molar-refractivity contribution is 5.53. The number of hydrogen-bond donors (Lipinski definition) is 2. The Morgan fingerprint density at radius 1 is 1.31 bits per heavy atom. The molecule has 0 amide bonds. The number of nitrogens with one attached hydrogen (secondary N) is 2. The Morgan fingerprint density at radius 2 is 1.94 bits per heavy atom. The van der Waals surface area contributed by atoms with Crippen LogP contribution in [0.2, 0.25) is 0 Å². The highest BCUT2D eigenvalue weighted by atomic mass is 19.1. The summed E-state index contributed by atoms with van der Waals surface area (Å²) in [4.78, 5) is 2.36. The summed E-state index contributed by atoms with van der Waals surface area (Å²) < 4.78 is 13.4. The van der Waals surface area contributed by atoms with Crippen LogP contribution in [-0.2, 0) is 0 Å². The van der Waals surface area contributed by atoms with E-state index < -0.39 is 5.82 Å². The molecule has 0 atom stereocenters. The van der Waals surface area contributed by atoms with E-state index in [0.717, 1.165) is 17.1 Å². The molecular formula is C11H17FN4. The molecule has 2 rings (SSSR count). The molecule has 1 aromatic rings. The molecule has 1 aliphatic heterocycles. The third-order valence-corrected chi connectivity index (χ3v) is 2.41. The SMILES string of the molecule is CN1CCCC1.N=Cn1cc(F)ccc1=N. The van der Waals surface area contributed by atoms with Gasteiger partial charge in [0, 0.05) is 6.20 Å². The molecule has 0 radical (unpaired) electrons. The fourth-order valence-corrected chi connectivity index (χ4v) is 1.47. The molecule has 1 aliphatic rings. The normalized spacial score (nSPS) is 15.4. The molecule has 1 aromatic heterocycles. The van der Waals surface area contributed by atoms with Gasteiger partial charge in [-0.15, -0.1) is 0 Å². The largest absolute Gasteiger partial charge is 0.306 e. The molecule has 5 heteroatoms. The summed E-state index contributed by atoms with van der Waals surface area (Å²) in [5.74, 6) is -0.445. The highest BCUT2D eigenvalue weighted by Gasteiger charge is 2.03. The Kier molecular flexibility index (Phi) is 4.85. The van der Waals surface area contributed by atoms with Gasteiger partial charge in [-0.05, 0) is 45.1 Å². The van der Waals surface area contributed by atoms with Crippen LogP contribution in [-0.4, -0.2) is 35.9 Å². The van der Waals surface area contributed by atoms with Gasteiger partial charge >= 0.3 is 0 Å². The lowest BCUT2D eigenvalue weighted by Crippen LogP contribution is -2.17. The van der Waals surface area contributed by atoms with Gasteiger partial charge in [-0.2, -0.15) is 0 Å². The van der Waals surface area contributed by atoms with E-state index in [0.29, 0.717) is 0 Å². The Bertz CT molecular complexity index is 393. The van der Waals surface area contributed by atoms with Crippen LogP contribution >= 0.6 is 0 Å². The van der Waals surface area contributed by atoms with Gasteiger partial charge in [-0.25, -0.2) is 4.39 Å². The molecule has 16 heavy (non-hydrogen) atoms. The molecule has 1 fully saturated rings. The van der Waals surface area contributed by atoms with Crippen molar-refractivity contribution in [3.05, 3.63) is 29.6 Å². The number of nitrogens with zero attached hydrogens (tertiary/aromatic N) is 2. The summed E-state index contributed by atoms with van der Waals surface area (Å²) in [6.45, 7) is 2.64. The zero-order valence-corrected chi connectivity index (χ0v) is 9.41. The minimum absolute atomic E-state index is 0.0939. The number of halogens is 1. The lowest BCUT2D eigenvalue weighted by molar-refractivity contribution is 0.418. The molecular weight excluding hydrogens is 207 g/mol. The smallest absolute Gasteiger partial charge is 0.139 e. The van der Waals surface area contributed by atoms with Crippen molar-refractivity contribution in [1.82, 2.24) is 9.47 Å². The van der Waals surface area contributed by atoms with Gasteiger partial charge in [0.1, 0.15) is 11.3 Å². The standard InChI is InChI=1S/C6H6FN3.C5H11N/c7-5-1-2-6(9)10(3-5)4-8;1-6-4-2-3-5-6/h1-4,8-9H;2-5H2,1H3. The van der Waals surface area contributed by atoms with E-state index >= 15 is 0 Å². The Morgan fingerprint density at radius 3 is 2.31 bits per heavy atom. The van der Waals surface area contributed by atoms with Crippen LogP contribution in [0.25, 0.3) is 0 Å². The fraction of sp³-hybridized carbons (Fsp3) is 0.455. The zero-order chi connectivity index (χ0) is 12.0. The lowest BCUT2D eigenvalue weighted by atomic mass is 10.4. The first-order valence-electron chi connectivity index (χ1n) is 5.25. The summed E-state index contributed by atoms with van der Waals surface area (Å²) in [5.41, 5.74) is 0.0939. The van der Waals surface area contributed by atoms with Crippen LogP contribution < -0.4 is 5.49 Å². The second kappa shape index (κ2) is 6.17. The predicted molar refractivity (Wildman–Crippen MR) is 61.2 cm³/mol. The maximum atomic E-state index is 12.3. The van der Waals surface area contributed by atoms with Gasteiger partial charge in [0.25, 0.3) is 0 Å². The number of hydrogen-bond acceptors (Lipinski definition) is 3. The topological polar surface area (TPSA) is 55.9 Å². The summed E-state index contributed by atoms with van der Waals surface area (Å²) >= 11 is 0. The Hall–Kier alpha value is -1.49. The second-order valence-electron chi connectivity index (χ2n) is 3.78. The maximum Gasteiger partial charge on any atom is 0.139 e. The molecule has 0 bridgehead atoms. The number of likely N-dealkylation sites (tertiary alicyclic amines) is 1. The summed E-state index contributed by atoms with van der Waals surface area (Å²) in [7, 11) is 2.17. The van der Waals surface area contributed by atoms with Crippen LogP contribution in [0.4, 0.5) is 4.39 Å². The summed E-state index contributed by atoms with van der Waals surface area (Å²) in [5, 5.41) is 13.8. The van der Waals surface area contributed by atoms with Crippen molar-refractivity contribution >= 4 is 6.34 Å². The first kappa shape index (κ1) is 12.6. The summed E-state index contributed by atoms with van der Waals surface area (Å²) in [6.07, 6.45) is 4.79. The van der Waals surface area contributed by atoms with E-state index in [1.165, 1.54) is 38.1 Å². The van der Waals surface area contributed by atoms with Gasteiger partial charge in [0.05, 0.1) is 6.34 Å². The average molecular weight is 224 g/mol. The molecule has 0 aromatic carbocycles. The Labute approximate surface area is 94.3 Å². The van der Waals surface area contributed by atoms with E-state index in [9.17, 15) is 4.39 Å². The fourth-order valence-electron chi connectivity index (χ4n) is 1.47. The van der Waals surface area contributed by atoms with E-state index in [2.05, 4.69) is 11.9 Å². The molecule has 88 valence electrons. The van der Waals surface area contributed by atoms with E-state index in [1.54, 1.807) is 0 Å². The van der Waals surface area contributed by atoms with E-state index in [-0.39, 0.29) is 5.49 Å². The van der Waals surface area contributed by atoms with E-state index in [4.69, 9.17) is 10.8 Å². The third kappa shape index (κ3) is 3.94. The molecule has 2 N–H and O–H groups in total. The van der Waals surface area contributed by atoms with Crippen LogP contribution in [0, 0.1) is 16.6 Å². The predicted octanol–water partition coefficient (Wildman–Crippen LogP) is 1.27. The van der Waals surface area contributed by atoms with Crippen molar-refractivity contribution in [1.29, 1.82) is 10.8 Å². The van der Waals surface area contributed by atoms with Gasteiger partial charge < -0.3 is 4.90 Å². The molecule has 0 spiro atoms. The number of rotatable bonds is 1. The van der Waals surface area contributed by atoms with Crippen molar-refractivity contribution in [2.24, 2.45) is 0 Å². The van der Waals surface area contributed by atoms with Crippen molar-refractivity contribution in [2.45, 2.75) is 12.8 Å². The van der Waals surface area contributed by atoms with Gasteiger partial charge in [0.15, 0.2) is 0 Å². The van der Waals surface area contributed by atoms with Crippen molar-refractivity contribution in [2.75, 3.05) is 20.1 Å². The quantitative estimate of drug-likeness (QED) is 0.548. The van der Waals surface area contributed by atoms with Crippen LogP contribution in [0.1, 0.15) is 12.8 Å². The highest BCUT2D eigenvalue weighted by Crippen LogP contribution is 2.02. The number of aromatic nitrogens is 1. The van der Waals surface area contributed by atoms with Gasteiger partial charge in [-0.1, -0.05) is 0 Å². The zero-order valence-electron chi connectivity index (χ0n) is 9.41. The second-order valence-corrected chi connectivity index (χ2v) is 3.78. The average Bonchev–Trinajstić information content (AvgIpc) is 2.74. The molecule has 0 aliphatic carbocycles. The van der Waals surface area contributed by atoms with Crippen molar-refractivity contribution in [3.8, 4) is 0 Å². The lowest BCUT2D eigenvalue weighted by Gasteiger charge is -2.01. The Balaban J connectivity index is 0.000000181. The number of pyridine rings is 1. The first-order valence-corrected chi connectivity index (χ1v) is 5.25. The molecule has 2 heterocycles. The van der Waals surface area contributed by atoms with Crippen LogP contribution in [0.5, 0.6) is 0 Å². The van der Waals surface area contributed by atoms with Gasteiger partial charge in [0.2, 0.25) is 0 Å². The molecule has 4 nitrogen and oxygen atoms in total.